The smallest absolute Gasteiger partial charge is 0.0658 e. The van der Waals surface area contributed by atoms with Gasteiger partial charge < -0.3 is 10.5 Å². The van der Waals surface area contributed by atoms with Crippen LogP contribution in [0, 0.1) is 5.92 Å². The number of ether oxygens (including phenoxy) is 1. The fourth-order valence-electron chi connectivity index (χ4n) is 1.65. The normalized spacial score (nSPS) is 15.1. The van der Waals surface area contributed by atoms with Gasteiger partial charge >= 0.3 is 0 Å². The molecule has 1 aromatic rings. The summed E-state index contributed by atoms with van der Waals surface area (Å²) in [6.07, 6.45) is 1.84. The van der Waals surface area contributed by atoms with E-state index >= 15 is 0 Å². The zero-order valence-electron chi connectivity index (χ0n) is 10.1. The largest absolute Gasteiger partial charge is 0.383 e. The third kappa shape index (κ3) is 3.06. The molecular weight excluding hydrogens is 270 g/mol. The van der Waals surface area contributed by atoms with Gasteiger partial charge in [-0.1, -0.05) is 13.8 Å². The predicted molar refractivity (Wildman–Crippen MR) is 68.4 cm³/mol. The van der Waals surface area contributed by atoms with E-state index in [1.165, 1.54) is 5.69 Å². The fourth-order valence-corrected chi connectivity index (χ4v) is 2.31. The Kier molecular flexibility index (Phi) is 5.44. The first-order valence-electron chi connectivity index (χ1n) is 5.52. The lowest BCUT2D eigenvalue weighted by molar-refractivity contribution is 0.181. The average molecular weight is 290 g/mol. The molecule has 92 valence electrons. The Hall–Kier alpha value is -0.390. The molecule has 2 N–H and O–H groups in total. The number of halogens is 1. The quantitative estimate of drug-likeness (QED) is 0.871. The molecule has 4 nitrogen and oxygen atoms in total. The Bertz CT molecular complexity index is 327. The molecule has 1 rings (SSSR count). The topological polar surface area (TPSA) is 53.1 Å². The molecule has 0 saturated heterocycles. The van der Waals surface area contributed by atoms with Crippen molar-refractivity contribution in [1.82, 2.24) is 9.78 Å². The number of hydrogen-bond donors (Lipinski definition) is 1. The van der Waals surface area contributed by atoms with Crippen molar-refractivity contribution in [3.05, 3.63) is 16.4 Å². The van der Waals surface area contributed by atoms with Crippen molar-refractivity contribution in [3.8, 4) is 0 Å². The molecule has 2 unspecified atom stereocenters. The van der Waals surface area contributed by atoms with Gasteiger partial charge in [0.05, 0.1) is 29.5 Å². The van der Waals surface area contributed by atoms with E-state index in [4.69, 9.17) is 10.5 Å². The van der Waals surface area contributed by atoms with Crippen LogP contribution in [-0.2, 0) is 11.3 Å². The molecular formula is C11H20BrN3O. The second-order valence-corrected chi connectivity index (χ2v) is 4.95. The van der Waals surface area contributed by atoms with Crippen molar-refractivity contribution < 1.29 is 4.74 Å². The van der Waals surface area contributed by atoms with E-state index in [0.717, 1.165) is 11.0 Å². The summed E-state index contributed by atoms with van der Waals surface area (Å²) in [5.74, 6) is 0.827. The number of hydrogen-bond acceptors (Lipinski definition) is 3. The number of methoxy groups -OCH3 is 1. The van der Waals surface area contributed by atoms with Crippen LogP contribution in [0.25, 0.3) is 0 Å². The summed E-state index contributed by atoms with van der Waals surface area (Å²) in [6.45, 7) is 6.47. The van der Waals surface area contributed by atoms with E-state index in [2.05, 4.69) is 34.9 Å². The molecule has 0 bridgehead atoms. The summed E-state index contributed by atoms with van der Waals surface area (Å²) in [7, 11) is 1.70. The first-order valence-corrected chi connectivity index (χ1v) is 6.31. The first kappa shape index (κ1) is 13.7. The van der Waals surface area contributed by atoms with Gasteiger partial charge in [0, 0.05) is 13.0 Å². The summed E-state index contributed by atoms with van der Waals surface area (Å²) in [5, 5.41) is 4.34. The SMILES string of the molecule is COCCn1ncc(Br)c1C(C)C(C)CN. The number of nitrogens with two attached hydrogens (primary N) is 1. The maximum Gasteiger partial charge on any atom is 0.0658 e. The minimum absolute atomic E-state index is 0.388. The van der Waals surface area contributed by atoms with Crippen LogP contribution in [0.4, 0.5) is 0 Å². The molecule has 0 aliphatic rings. The molecule has 0 aromatic carbocycles. The third-order valence-corrected chi connectivity index (χ3v) is 3.61. The molecule has 1 aromatic heterocycles. The van der Waals surface area contributed by atoms with Crippen LogP contribution < -0.4 is 5.73 Å². The minimum atomic E-state index is 0.388. The van der Waals surface area contributed by atoms with E-state index in [1.807, 2.05) is 10.9 Å². The molecule has 0 aliphatic carbocycles. The predicted octanol–water partition coefficient (Wildman–Crippen LogP) is 1.99. The van der Waals surface area contributed by atoms with Crippen LogP contribution in [0.2, 0.25) is 0 Å². The van der Waals surface area contributed by atoms with Gasteiger partial charge in [0.25, 0.3) is 0 Å². The van der Waals surface area contributed by atoms with E-state index in [9.17, 15) is 0 Å². The maximum absolute atomic E-state index is 5.71. The highest BCUT2D eigenvalue weighted by molar-refractivity contribution is 9.10. The van der Waals surface area contributed by atoms with E-state index < -0.39 is 0 Å². The van der Waals surface area contributed by atoms with Crippen molar-refractivity contribution in [2.45, 2.75) is 26.3 Å². The maximum atomic E-state index is 5.71. The molecule has 0 radical (unpaired) electrons. The zero-order chi connectivity index (χ0) is 12.1. The second kappa shape index (κ2) is 6.37. The van der Waals surface area contributed by atoms with E-state index in [1.54, 1.807) is 7.11 Å². The Balaban J connectivity index is 2.87. The van der Waals surface area contributed by atoms with Gasteiger partial charge in [0.2, 0.25) is 0 Å². The lowest BCUT2D eigenvalue weighted by Gasteiger charge is -2.20. The lowest BCUT2D eigenvalue weighted by atomic mass is 9.93. The second-order valence-electron chi connectivity index (χ2n) is 4.10. The summed E-state index contributed by atoms with van der Waals surface area (Å²) < 4.78 is 8.12. The average Bonchev–Trinajstić information content (AvgIpc) is 2.65. The first-order chi connectivity index (χ1) is 7.61. The monoisotopic (exact) mass is 289 g/mol. The Morgan fingerprint density at radius 1 is 1.56 bits per heavy atom. The molecule has 0 amide bonds. The van der Waals surface area contributed by atoms with Gasteiger partial charge in [-0.2, -0.15) is 5.10 Å². The number of aromatic nitrogens is 2. The highest BCUT2D eigenvalue weighted by atomic mass is 79.9. The fraction of sp³-hybridized carbons (Fsp3) is 0.727. The Morgan fingerprint density at radius 2 is 2.25 bits per heavy atom. The van der Waals surface area contributed by atoms with Crippen LogP contribution in [0.5, 0.6) is 0 Å². The third-order valence-electron chi connectivity index (χ3n) is 3.00. The number of rotatable bonds is 6. The molecule has 0 saturated carbocycles. The van der Waals surface area contributed by atoms with Gasteiger partial charge in [-0.15, -0.1) is 0 Å². The van der Waals surface area contributed by atoms with E-state index in [0.29, 0.717) is 25.0 Å². The van der Waals surface area contributed by atoms with Crippen LogP contribution >= 0.6 is 15.9 Å². The molecule has 1 heterocycles. The van der Waals surface area contributed by atoms with Crippen LogP contribution in [-0.4, -0.2) is 30.0 Å². The van der Waals surface area contributed by atoms with Gasteiger partial charge in [-0.05, 0) is 28.4 Å². The van der Waals surface area contributed by atoms with Gasteiger partial charge in [-0.25, -0.2) is 0 Å². The standard InChI is InChI=1S/C11H20BrN3O/c1-8(6-13)9(2)11-10(12)7-14-15(11)4-5-16-3/h7-9H,4-6,13H2,1-3H3. The van der Waals surface area contributed by atoms with Crippen molar-refractivity contribution in [2.75, 3.05) is 20.3 Å². The van der Waals surface area contributed by atoms with E-state index in [-0.39, 0.29) is 0 Å². The molecule has 0 fully saturated rings. The van der Waals surface area contributed by atoms with Crippen molar-refractivity contribution >= 4 is 15.9 Å². The van der Waals surface area contributed by atoms with Gasteiger partial charge in [0.1, 0.15) is 0 Å². The molecule has 2 atom stereocenters. The van der Waals surface area contributed by atoms with Crippen molar-refractivity contribution in [3.63, 3.8) is 0 Å². The Labute approximate surface area is 105 Å². The summed E-state index contributed by atoms with van der Waals surface area (Å²) in [6, 6.07) is 0. The highest BCUT2D eigenvalue weighted by Crippen LogP contribution is 2.29. The zero-order valence-corrected chi connectivity index (χ0v) is 11.7. The molecule has 0 spiro atoms. The molecule has 0 aliphatic heterocycles. The summed E-state index contributed by atoms with van der Waals surface area (Å²) in [4.78, 5) is 0. The molecule has 5 heteroatoms. The number of nitrogens with zero attached hydrogens (tertiary/aromatic N) is 2. The van der Waals surface area contributed by atoms with Crippen molar-refractivity contribution in [2.24, 2.45) is 11.7 Å². The minimum Gasteiger partial charge on any atom is -0.383 e. The van der Waals surface area contributed by atoms with Crippen LogP contribution in [0.15, 0.2) is 10.7 Å². The van der Waals surface area contributed by atoms with Gasteiger partial charge in [0.15, 0.2) is 0 Å². The van der Waals surface area contributed by atoms with Crippen LogP contribution in [0.1, 0.15) is 25.5 Å². The van der Waals surface area contributed by atoms with Gasteiger partial charge in [-0.3, -0.25) is 4.68 Å². The Morgan fingerprint density at radius 3 is 2.81 bits per heavy atom. The lowest BCUT2D eigenvalue weighted by Crippen LogP contribution is -2.21. The van der Waals surface area contributed by atoms with Crippen LogP contribution in [0.3, 0.4) is 0 Å². The van der Waals surface area contributed by atoms with Crippen molar-refractivity contribution in [1.29, 1.82) is 0 Å². The molecule has 16 heavy (non-hydrogen) atoms. The highest BCUT2D eigenvalue weighted by Gasteiger charge is 2.20. The summed E-state index contributed by atoms with van der Waals surface area (Å²) >= 11 is 3.54. The summed E-state index contributed by atoms with van der Waals surface area (Å²) in [5.41, 5.74) is 6.91.